The number of fused-ring (bicyclic) bond motifs is 1. The number of benzene rings is 1. The molecule has 1 aliphatic rings. The molecule has 1 aliphatic heterocycles. The zero-order chi connectivity index (χ0) is 10.1. The van der Waals surface area contributed by atoms with Crippen LogP contribution in [0.4, 0.5) is 5.69 Å². The van der Waals surface area contributed by atoms with Crippen LogP contribution in [0.2, 0.25) is 0 Å². The van der Waals surface area contributed by atoms with Gasteiger partial charge in [-0.3, -0.25) is 0 Å². The first-order chi connectivity index (χ1) is 6.72. The molecule has 0 amide bonds. The molecule has 0 aliphatic carbocycles. The van der Waals surface area contributed by atoms with E-state index < -0.39 is 5.69 Å². The van der Waals surface area contributed by atoms with Crippen molar-refractivity contribution in [3.8, 4) is 6.07 Å². The zero-order valence-corrected chi connectivity index (χ0v) is 8.20. The van der Waals surface area contributed by atoms with Crippen molar-refractivity contribution in [2.45, 2.75) is 12.1 Å². The topological polar surface area (TPSA) is 47.3 Å². The van der Waals surface area contributed by atoms with Crippen LogP contribution in [0.1, 0.15) is 11.1 Å². The van der Waals surface area contributed by atoms with Gasteiger partial charge in [0.25, 0.3) is 0 Å². The van der Waals surface area contributed by atoms with E-state index in [2.05, 4.69) is 6.07 Å². The highest BCUT2D eigenvalue weighted by molar-refractivity contribution is 6.20. The molecule has 0 spiro atoms. The molecule has 0 radical (unpaired) electrons. The van der Waals surface area contributed by atoms with E-state index in [9.17, 15) is 5.11 Å². The SMILES string of the molecule is N#Cc1ccc2c(c1)CCN2C(O)Cl. The first-order valence-corrected chi connectivity index (χ1v) is 4.78. The summed E-state index contributed by atoms with van der Waals surface area (Å²) in [6.45, 7) is 0.703. The van der Waals surface area contributed by atoms with E-state index in [0.29, 0.717) is 12.1 Å². The van der Waals surface area contributed by atoms with E-state index in [1.165, 1.54) is 0 Å². The molecule has 0 saturated carbocycles. The van der Waals surface area contributed by atoms with Crippen LogP contribution in [0.5, 0.6) is 0 Å². The van der Waals surface area contributed by atoms with Gasteiger partial charge in [-0.15, -0.1) is 0 Å². The second kappa shape index (κ2) is 3.49. The van der Waals surface area contributed by atoms with Gasteiger partial charge in [-0.25, -0.2) is 0 Å². The third-order valence-electron chi connectivity index (χ3n) is 2.40. The smallest absolute Gasteiger partial charge is 0.205 e. The Bertz CT molecular complexity index is 398. The molecule has 72 valence electrons. The van der Waals surface area contributed by atoms with Crippen molar-refractivity contribution in [2.75, 3.05) is 11.4 Å². The molecule has 4 heteroatoms. The molecule has 0 bridgehead atoms. The average molecular weight is 209 g/mol. The van der Waals surface area contributed by atoms with Crippen LogP contribution in [-0.2, 0) is 6.42 Å². The molecule has 1 unspecified atom stereocenters. The largest absolute Gasteiger partial charge is 0.361 e. The summed E-state index contributed by atoms with van der Waals surface area (Å²) in [4.78, 5) is 1.71. The average Bonchev–Trinajstić information content (AvgIpc) is 2.59. The highest BCUT2D eigenvalue weighted by Gasteiger charge is 2.23. The highest BCUT2D eigenvalue weighted by atomic mass is 35.5. The molecular weight excluding hydrogens is 200 g/mol. The second-order valence-electron chi connectivity index (χ2n) is 3.21. The Labute approximate surface area is 87.1 Å². The number of hydrogen-bond donors (Lipinski definition) is 1. The van der Waals surface area contributed by atoms with Gasteiger partial charge in [0.1, 0.15) is 0 Å². The number of hydrogen-bond acceptors (Lipinski definition) is 3. The molecule has 1 heterocycles. The van der Waals surface area contributed by atoms with Crippen LogP contribution in [0.3, 0.4) is 0 Å². The third kappa shape index (κ3) is 1.43. The Kier molecular flexibility index (Phi) is 2.32. The monoisotopic (exact) mass is 208 g/mol. The summed E-state index contributed by atoms with van der Waals surface area (Å²) in [5.74, 6) is 0. The van der Waals surface area contributed by atoms with Crippen LogP contribution in [0.15, 0.2) is 18.2 Å². The highest BCUT2D eigenvalue weighted by Crippen LogP contribution is 2.30. The maximum Gasteiger partial charge on any atom is 0.205 e. The van der Waals surface area contributed by atoms with E-state index >= 15 is 0 Å². The second-order valence-corrected chi connectivity index (χ2v) is 3.60. The summed E-state index contributed by atoms with van der Waals surface area (Å²) >= 11 is 5.60. The van der Waals surface area contributed by atoms with Crippen LogP contribution in [0.25, 0.3) is 0 Å². The molecular formula is C10H9ClN2O. The van der Waals surface area contributed by atoms with Crippen molar-refractivity contribution in [3.63, 3.8) is 0 Å². The van der Waals surface area contributed by atoms with Gasteiger partial charge in [-0.05, 0) is 30.2 Å². The van der Waals surface area contributed by atoms with Gasteiger partial charge >= 0.3 is 0 Å². The number of aliphatic hydroxyl groups excluding tert-OH is 1. The van der Waals surface area contributed by atoms with Gasteiger partial charge < -0.3 is 10.0 Å². The molecule has 1 aromatic rings. The lowest BCUT2D eigenvalue weighted by Crippen LogP contribution is -2.28. The van der Waals surface area contributed by atoms with Gasteiger partial charge in [0.15, 0.2) is 0 Å². The van der Waals surface area contributed by atoms with Crippen LogP contribution in [-0.4, -0.2) is 17.3 Å². The molecule has 3 nitrogen and oxygen atoms in total. The van der Waals surface area contributed by atoms with Crippen LogP contribution >= 0.6 is 11.6 Å². The van der Waals surface area contributed by atoms with E-state index in [4.69, 9.17) is 16.9 Å². The minimum atomic E-state index is -0.982. The minimum Gasteiger partial charge on any atom is -0.361 e. The minimum absolute atomic E-state index is 0.648. The Balaban J connectivity index is 2.39. The van der Waals surface area contributed by atoms with Crippen molar-refractivity contribution in [1.82, 2.24) is 0 Å². The number of anilines is 1. The fourth-order valence-corrected chi connectivity index (χ4v) is 1.92. The van der Waals surface area contributed by atoms with Crippen molar-refractivity contribution < 1.29 is 5.11 Å². The van der Waals surface area contributed by atoms with Crippen LogP contribution in [0, 0.1) is 11.3 Å². The number of nitriles is 1. The number of aliphatic hydroxyl groups is 1. The van der Waals surface area contributed by atoms with E-state index in [-0.39, 0.29) is 0 Å². The van der Waals surface area contributed by atoms with E-state index in [0.717, 1.165) is 17.7 Å². The Morgan fingerprint density at radius 1 is 1.57 bits per heavy atom. The lowest BCUT2D eigenvalue weighted by atomic mass is 10.1. The fourth-order valence-electron chi connectivity index (χ4n) is 1.72. The zero-order valence-electron chi connectivity index (χ0n) is 7.44. The number of rotatable bonds is 1. The summed E-state index contributed by atoms with van der Waals surface area (Å²) in [6.07, 6.45) is 0.828. The maximum absolute atomic E-state index is 9.25. The Morgan fingerprint density at radius 2 is 2.36 bits per heavy atom. The standard InChI is InChI=1S/C10H9ClN2O/c11-10(14)13-4-3-8-5-7(6-12)1-2-9(8)13/h1-2,5,10,14H,3-4H2. The lowest BCUT2D eigenvalue weighted by molar-refractivity contribution is 0.252. The fraction of sp³-hybridized carbons (Fsp3) is 0.300. The first kappa shape index (κ1) is 9.32. The third-order valence-corrected chi connectivity index (χ3v) is 2.63. The van der Waals surface area contributed by atoms with Gasteiger partial charge in [-0.2, -0.15) is 5.26 Å². The van der Waals surface area contributed by atoms with E-state index in [1.54, 1.807) is 11.0 Å². The number of alkyl halides is 1. The molecule has 1 atom stereocenters. The Hall–Kier alpha value is -1.24. The van der Waals surface area contributed by atoms with Crippen molar-refractivity contribution >= 4 is 17.3 Å². The molecule has 2 rings (SSSR count). The summed E-state index contributed by atoms with van der Waals surface area (Å²) in [6, 6.07) is 7.49. The Morgan fingerprint density at radius 3 is 3.00 bits per heavy atom. The molecule has 1 N–H and O–H groups in total. The molecule has 0 aromatic heterocycles. The summed E-state index contributed by atoms with van der Waals surface area (Å²) in [7, 11) is 0. The summed E-state index contributed by atoms with van der Waals surface area (Å²) in [5.41, 5.74) is 1.66. The van der Waals surface area contributed by atoms with E-state index in [1.807, 2.05) is 12.1 Å². The summed E-state index contributed by atoms with van der Waals surface area (Å²) < 4.78 is 0. The van der Waals surface area contributed by atoms with Gasteiger partial charge in [0.05, 0.1) is 11.6 Å². The van der Waals surface area contributed by atoms with Gasteiger partial charge in [0.2, 0.25) is 5.69 Å². The van der Waals surface area contributed by atoms with Gasteiger partial charge in [-0.1, -0.05) is 11.6 Å². The predicted octanol–water partition coefficient (Wildman–Crippen LogP) is 1.44. The normalized spacial score (nSPS) is 16.2. The molecule has 14 heavy (non-hydrogen) atoms. The summed E-state index contributed by atoms with van der Waals surface area (Å²) in [5, 5.41) is 18.0. The van der Waals surface area contributed by atoms with Gasteiger partial charge in [0, 0.05) is 12.2 Å². The molecule has 0 saturated heterocycles. The van der Waals surface area contributed by atoms with Crippen molar-refractivity contribution in [3.05, 3.63) is 29.3 Å². The quantitative estimate of drug-likeness (QED) is 0.561. The number of halogens is 1. The molecule has 0 fully saturated rings. The predicted molar refractivity (Wildman–Crippen MR) is 54.1 cm³/mol. The van der Waals surface area contributed by atoms with Crippen LogP contribution < -0.4 is 4.90 Å². The number of nitrogens with zero attached hydrogens (tertiary/aromatic N) is 2. The van der Waals surface area contributed by atoms with Crippen molar-refractivity contribution in [2.24, 2.45) is 0 Å². The lowest BCUT2D eigenvalue weighted by Gasteiger charge is -2.20. The molecule has 1 aromatic carbocycles. The first-order valence-electron chi connectivity index (χ1n) is 4.34. The maximum atomic E-state index is 9.25. The van der Waals surface area contributed by atoms with Crippen molar-refractivity contribution in [1.29, 1.82) is 5.26 Å².